The molecule has 6 heteroatoms. The number of phenolic OH excluding ortho intramolecular Hbond substituents is 2. The normalized spacial score (nSPS) is 12.8. The number of rotatable bonds is 5. The summed E-state index contributed by atoms with van der Waals surface area (Å²) in [6.07, 6.45) is -0.233. The Hall–Kier alpha value is -2.08. The van der Waals surface area contributed by atoms with Crippen LogP contribution in [-0.4, -0.2) is 27.0 Å². The minimum Gasteiger partial charge on any atom is -0.504 e. The van der Waals surface area contributed by atoms with Crippen molar-refractivity contribution in [2.45, 2.75) is 26.9 Å². The third-order valence-corrected chi connectivity index (χ3v) is 2.87. The molecule has 2 N–H and O–H groups in total. The molecule has 1 aromatic carbocycles. The van der Waals surface area contributed by atoms with Crippen molar-refractivity contribution in [1.29, 1.82) is 0 Å². The lowest BCUT2D eigenvalue weighted by Gasteiger charge is -2.16. The van der Waals surface area contributed by atoms with E-state index in [1.165, 1.54) is 12.1 Å². The van der Waals surface area contributed by atoms with Gasteiger partial charge in [0, 0.05) is 12.2 Å². The summed E-state index contributed by atoms with van der Waals surface area (Å²) in [5.41, 5.74) is 0.540. The molecule has 0 aliphatic heterocycles. The van der Waals surface area contributed by atoms with Crippen LogP contribution < -0.4 is 0 Å². The standard InChI is InChI=1S/C14H18N2O4/c1-4-19-12(8(2)3)13-15-14(20-16-13)9-5-6-10(17)11(18)7-9/h5-8,12,17-18H,4H2,1-3H3. The zero-order valence-electron chi connectivity index (χ0n) is 11.7. The first-order chi connectivity index (χ1) is 9.52. The van der Waals surface area contributed by atoms with E-state index in [-0.39, 0.29) is 29.4 Å². The quantitative estimate of drug-likeness (QED) is 0.817. The molecule has 20 heavy (non-hydrogen) atoms. The third kappa shape index (κ3) is 2.91. The molecule has 0 radical (unpaired) electrons. The second-order valence-electron chi connectivity index (χ2n) is 4.78. The number of phenols is 2. The van der Waals surface area contributed by atoms with Crippen LogP contribution in [0.5, 0.6) is 11.5 Å². The molecule has 2 aromatic rings. The zero-order chi connectivity index (χ0) is 14.7. The summed E-state index contributed by atoms with van der Waals surface area (Å²) in [5, 5.41) is 22.7. The molecule has 1 atom stereocenters. The SMILES string of the molecule is CCOC(c1noc(-c2ccc(O)c(O)c2)n1)C(C)C. The van der Waals surface area contributed by atoms with Gasteiger partial charge < -0.3 is 19.5 Å². The first kappa shape index (κ1) is 14.3. The average Bonchev–Trinajstić information content (AvgIpc) is 2.88. The van der Waals surface area contributed by atoms with Crippen LogP contribution >= 0.6 is 0 Å². The van der Waals surface area contributed by atoms with Crippen molar-refractivity contribution in [3.05, 3.63) is 24.0 Å². The number of nitrogens with zero attached hydrogens (tertiary/aromatic N) is 2. The van der Waals surface area contributed by atoms with Gasteiger partial charge in [-0.3, -0.25) is 0 Å². The molecule has 0 saturated heterocycles. The van der Waals surface area contributed by atoms with E-state index in [2.05, 4.69) is 10.1 Å². The molecular weight excluding hydrogens is 260 g/mol. The Labute approximate surface area is 117 Å². The number of hydrogen-bond acceptors (Lipinski definition) is 6. The van der Waals surface area contributed by atoms with Gasteiger partial charge in [0.15, 0.2) is 11.5 Å². The third-order valence-electron chi connectivity index (χ3n) is 2.87. The lowest BCUT2D eigenvalue weighted by Crippen LogP contribution is -2.12. The van der Waals surface area contributed by atoms with Gasteiger partial charge in [-0.05, 0) is 31.0 Å². The predicted molar refractivity (Wildman–Crippen MR) is 72.3 cm³/mol. The van der Waals surface area contributed by atoms with Gasteiger partial charge in [-0.2, -0.15) is 4.98 Å². The monoisotopic (exact) mass is 278 g/mol. The van der Waals surface area contributed by atoms with Crippen LogP contribution in [0.4, 0.5) is 0 Å². The summed E-state index contributed by atoms with van der Waals surface area (Å²) in [4.78, 5) is 4.30. The molecule has 6 nitrogen and oxygen atoms in total. The lowest BCUT2D eigenvalue weighted by atomic mass is 10.1. The smallest absolute Gasteiger partial charge is 0.258 e. The highest BCUT2D eigenvalue weighted by Crippen LogP contribution is 2.31. The van der Waals surface area contributed by atoms with Gasteiger partial charge in [0.2, 0.25) is 5.82 Å². The van der Waals surface area contributed by atoms with Crippen LogP contribution in [-0.2, 0) is 4.74 Å². The van der Waals surface area contributed by atoms with Crippen LogP contribution in [0.25, 0.3) is 11.5 Å². The maximum Gasteiger partial charge on any atom is 0.258 e. The highest BCUT2D eigenvalue weighted by atomic mass is 16.5. The maximum atomic E-state index is 9.49. The molecular formula is C14H18N2O4. The molecule has 1 aromatic heterocycles. The van der Waals surface area contributed by atoms with E-state index in [4.69, 9.17) is 9.26 Å². The predicted octanol–water partition coefficient (Wildman–Crippen LogP) is 2.88. The summed E-state index contributed by atoms with van der Waals surface area (Å²) in [5.74, 6) is 0.550. The molecule has 0 amide bonds. The molecule has 1 heterocycles. The second kappa shape index (κ2) is 5.92. The van der Waals surface area contributed by atoms with E-state index in [0.29, 0.717) is 18.0 Å². The summed E-state index contributed by atoms with van der Waals surface area (Å²) in [7, 11) is 0. The Morgan fingerprint density at radius 3 is 2.60 bits per heavy atom. The highest BCUT2D eigenvalue weighted by Gasteiger charge is 2.22. The molecule has 0 fully saturated rings. The Morgan fingerprint density at radius 2 is 2.00 bits per heavy atom. The Kier molecular flexibility index (Phi) is 4.24. The van der Waals surface area contributed by atoms with Crippen LogP contribution in [0.15, 0.2) is 22.7 Å². The van der Waals surface area contributed by atoms with Gasteiger partial charge in [0.1, 0.15) is 6.10 Å². The molecule has 0 spiro atoms. The van der Waals surface area contributed by atoms with Crippen molar-refractivity contribution in [3.8, 4) is 23.0 Å². The van der Waals surface area contributed by atoms with Crippen molar-refractivity contribution in [2.24, 2.45) is 5.92 Å². The molecule has 2 rings (SSSR count). The van der Waals surface area contributed by atoms with E-state index in [1.807, 2.05) is 20.8 Å². The molecule has 108 valence electrons. The summed E-state index contributed by atoms with van der Waals surface area (Å²) in [6, 6.07) is 4.34. The van der Waals surface area contributed by atoms with Crippen LogP contribution in [0, 0.1) is 5.92 Å². The van der Waals surface area contributed by atoms with E-state index in [1.54, 1.807) is 6.07 Å². The average molecular weight is 278 g/mol. The summed E-state index contributed by atoms with van der Waals surface area (Å²) >= 11 is 0. The summed E-state index contributed by atoms with van der Waals surface area (Å²) in [6.45, 7) is 6.51. The Morgan fingerprint density at radius 1 is 1.25 bits per heavy atom. The number of aromatic nitrogens is 2. The van der Waals surface area contributed by atoms with Crippen LogP contribution in [0.1, 0.15) is 32.7 Å². The molecule has 0 aliphatic rings. The number of benzene rings is 1. The van der Waals surface area contributed by atoms with Gasteiger partial charge >= 0.3 is 0 Å². The molecule has 0 aliphatic carbocycles. The topological polar surface area (TPSA) is 88.6 Å². The Bertz CT molecular complexity index is 580. The van der Waals surface area contributed by atoms with Gasteiger partial charge in [-0.15, -0.1) is 0 Å². The van der Waals surface area contributed by atoms with E-state index in [0.717, 1.165) is 0 Å². The minimum atomic E-state index is -0.233. The molecule has 0 saturated carbocycles. The van der Waals surface area contributed by atoms with Crippen LogP contribution in [0.3, 0.4) is 0 Å². The number of hydrogen-bond donors (Lipinski definition) is 2. The van der Waals surface area contributed by atoms with Crippen molar-refractivity contribution < 1.29 is 19.5 Å². The molecule has 1 unspecified atom stereocenters. The Balaban J connectivity index is 2.29. The van der Waals surface area contributed by atoms with Crippen molar-refractivity contribution >= 4 is 0 Å². The van der Waals surface area contributed by atoms with E-state index >= 15 is 0 Å². The molecule has 0 bridgehead atoms. The highest BCUT2D eigenvalue weighted by molar-refractivity contribution is 5.58. The zero-order valence-corrected chi connectivity index (χ0v) is 11.7. The largest absolute Gasteiger partial charge is 0.504 e. The fourth-order valence-corrected chi connectivity index (χ4v) is 1.87. The lowest BCUT2D eigenvalue weighted by molar-refractivity contribution is 0.0217. The van der Waals surface area contributed by atoms with Gasteiger partial charge in [-0.1, -0.05) is 19.0 Å². The number of aromatic hydroxyl groups is 2. The first-order valence-electron chi connectivity index (χ1n) is 6.50. The van der Waals surface area contributed by atoms with Crippen molar-refractivity contribution in [2.75, 3.05) is 6.61 Å². The van der Waals surface area contributed by atoms with Gasteiger partial charge in [0.05, 0.1) is 0 Å². The number of ether oxygens (including phenoxy) is 1. The van der Waals surface area contributed by atoms with Crippen molar-refractivity contribution in [3.63, 3.8) is 0 Å². The second-order valence-corrected chi connectivity index (χ2v) is 4.78. The van der Waals surface area contributed by atoms with Gasteiger partial charge in [-0.25, -0.2) is 0 Å². The fourth-order valence-electron chi connectivity index (χ4n) is 1.87. The van der Waals surface area contributed by atoms with Crippen LogP contribution in [0.2, 0.25) is 0 Å². The minimum absolute atomic E-state index is 0.192. The van der Waals surface area contributed by atoms with Crippen molar-refractivity contribution in [1.82, 2.24) is 10.1 Å². The van der Waals surface area contributed by atoms with E-state index < -0.39 is 0 Å². The first-order valence-corrected chi connectivity index (χ1v) is 6.50. The maximum absolute atomic E-state index is 9.49. The van der Waals surface area contributed by atoms with Gasteiger partial charge in [0.25, 0.3) is 5.89 Å². The summed E-state index contributed by atoms with van der Waals surface area (Å²) < 4.78 is 10.8. The fraction of sp³-hybridized carbons (Fsp3) is 0.429. The van der Waals surface area contributed by atoms with E-state index in [9.17, 15) is 10.2 Å².